The quantitative estimate of drug-likeness (QED) is 0.732. The molecule has 0 aromatic heterocycles. The summed E-state index contributed by atoms with van der Waals surface area (Å²) in [5.41, 5.74) is -0.193. The molecular weight excluding hydrogens is 176 g/mol. The van der Waals surface area contributed by atoms with Crippen molar-refractivity contribution in [2.75, 3.05) is 0 Å². The Morgan fingerprint density at radius 3 is 1.71 bits per heavy atom. The summed E-state index contributed by atoms with van der Waals surface area (Å²) in [6.07, 6.45) is 6.45. The minimum absolute atomic E-state index is 0.193. The van der Waals surface area contributed by atoms with Crippen LogP contribution in [0.1, 0.15) is 58.8 Å². The fourth-order valence-corrected chi connectivity index (χ4v) is 2.91. The van der Waals surface area contributed by atoms with Crippen LogP contribution in [0.2, 0.25) is 0 Å². The summed E-state index contributed by atoms with van der Waals surface area (Å²) in [5, 5.41) is 20.1. The van der Waals surface area contributed by atoms with Gasteiger partial charge in [-0.05, 0) is 25.7 Å². The zero-order valence-corrected chi connectivity index (χ0v) is 9.50. The summed E-state index contributed by atoms with van der Waals surface area (Å²) in [5.74, 6) is 0. The Kier molecular flexibility index (Phi) is 4.39. The van der Waals surface area contributed by atoms with Crippen LogP contribution in [-0.2, 0) is 0 Å². The molecule has 0 aromatic rings. The molecule has 2 nitrogen and oxygen atoms in total. The number of hydrogen-bond acceptors (Lipinski definition) is 2. The lowest BCUT2D eigenvalue weighted by Crippen LogP contribution is -2.46. The second-order valence-corrected chi connectivity index (χ2v) is 4.64. The molecule has 0 aromatic carbocycles. The van der Waals surface area contributed by atoms with Crippen molar-refractivity contribution in [1.29, 1.82) is 0 Å². The molecule has 1 aliphatic carbocycles. The van der Waals surface area contributed by atoms with E-state index in [0.29, 0.717) is 0 Å². The molecular formula is C12H24O2. The van der Waals surface area contributed by atoms with Crippen molar-refractivity contribution in [2.24, 2.45) is 5.41 Å². The van der Waals surface area contributed by atoms with Gasteiger partial charge >= 0.3 is 0 Å². The highest BCUT2D eigenvalue weighted by atomic mass is 16.3. The van der Waals surface area contributed by atoms with E-state index in [9.17, 15) is 10.2 Å². The Morgan fingerprint density at radius 2 is 1.36 bits per heavy atom. The van der Waals surface area contributed by atoms with E-state index in [2.05, 4.69) is 0 Å². The van der Waals surface area contributed by atoms with Crippen molar-refractivity contribution in [3.63, 3.8) is 0 Å². The molecule has 2 atom stereocenters. The van der Waals surface area contributed by atoms with Crippen LogP contribution in [-0.4, -0.2) is 22.4 Å². The molecule has 0 saturated heterocycles. The summed E-state index contributed by atoms with van der Waals surface area (Å²) < 4.78 is 0. The van der Waals surface area contributed by atoms with Gasteiger partial charge in [0.05, 0.1) is 12.2 Å². The molecule has 1 rings (SSSR count). The predicted octanol–water partition coefficient (Wildman–Crippen LogP) is 2.48. The van der Waals surface area contributed by atoms with E-state index in [1.165, 1.54) is 6.42 Å². The molecule has 1 fully saturated rings. The van der Waals surface area contributed by atoms with Crippen molar-refractivity contribution in [3.8, 4) is 0 Å². The van der Waals surface area contributed by atoms with Gasteiger partial charge in [-0.15, -0.1) is 0 Å². The van der Waals surface area contributed by atoms with E-state index in [4.69, 9.17) is 0 Å². The number of aliphatic hydroxyl groups excluding tert-OH is 2. The first-order valence-electron chi connectivity index (χ1n) is 6.03. The van der Waals surface area contributed by atoms with Crippen molar-refractivity contribution in [2.45, 2.75) is 71.0 Å². The van der Waals surface area contributed by atoms with Gasteiger partial charge in [-0.3, -0.25) is 0 Å². The van der Waals surface area contributed by atoms with E-state index < -0.39 is 0 Å². The minimum atomic E-state index is -0.322. The molecule has 2 N–H and O–H groups in total. The lowest BCUT2D eigenvalue weighted by molar-refractivity contribution is -0.0943. The second kappa shape index (κ2) is 5.13. The Balaban J connectivity index is 2.76. The smallest absolute Gasteiger partial charge is 0.0618 e. The van der Waals surface area contributed by atoms with Crippen LogP contribution in [0.25, 0.3) is 0 Å². The van der Waals surface area contributed by atoms with Gasteiger partial charge in [0.2, 0.25) is 0 Å². The third-order valence-corrected chi connectivity index (χ3v) is 3.89. The predicted molar refractivity (Wildman–Crippen MR) is 58.1 cm³/mol. The normalized spacial score (nSPS) is 25.7. The Morgan fingerprint density at radius 1 is 0.929 bits per heavy atom. The van der Waals surface area contributed by atoms with Gasteiger partial charge < -0.3 is 10.2 Å². The van der Waals surface area contributed by atoms with Crippen LogP contribution in [0.15, 0.2) is 0 Å². The summed E-state index contributed by atoms with van der Waals surface area (Å²) in [4.78, 5) is 0. The van der Waals surface area contributed by atoms with E-state index in [0.717, 1.165) is 38.5 Å². The van der Waals surface area contributed by atoms with Crippen LogP contribution in [0.5, 0.6) is 0 Å². The van der Waals surface area contributed by atoms with Crippen LogP contribution >= 0.6 is 0 Å². The van der Waals surface area contributed by atoms with Gasteiger partial charge in [0.1, 0.15) is 0 Å². The summed E-state index contributed by atoms with van der Waals surface area (Å²) in [7, 11) is 0. The molecule has 14 heavy (non-hydrogen) atoms. The minimum Gasteiger partial charge on any atom is -0.392 e. The van der Waals surface area contributed by atoms with Crippen LogP contribution in [0.3, 0.4) is 0 Å². The lowest BCUT2D eigenvalue weighted by Gasteiger charge is -2.44. The molecule has 0 amide bonds. The zero-order valence-electron chi connectivity index (χ0n) is 9.50. The Hall–Kier alpha value is -0.0800. The zero-order chi connectivity index (χ0) is 10.6. The standard InChI is InChI=1S/C12H24O2/c1-3-10(13)12(11(14)4-2)8-6-5-7-9-12/h10-11,13-14H,3-9H2,1-2H3. The maximum atomic E-state index is 10.1. The van der Waals surface area contributed by atoms with E-state index in [-0.39, 0.29) is 17.6 Å². The van der Waals surface area contributed by atoms with Crippen molar-refractivity contribution >= 4 is 0 Å². The van der Waals surface area contributed by atoms with Gasteiger partial charge in [-0.2, -0.15) is 0 Å². The summed E-state index contributed by atoms with van der Waals surface area (Å²) in [6, 6.07) is 0. The van der Waals surface area contributed by atoms with E-state index in [1.807, 2.05) is 13.8 Å². The largest absolute Gasteiger partial charge is 0.392 e. The maximum absolute atomic E-state index is 10.1. The average molecular weight is 200 g/mol. The van der Waals surface area contributed by atoms with E-state index in [1.54, 1.807) is 0 Å². The van der Waals surface area contributed by atoms with Gasteiger partial charge in [0.25, 0.3) is 0 Å². The lowest BCUT2D eigenvalue weighted by atomic mass is 9.65. The Labute approximate surface area is 87.3 Å². The summed E-state index contributed by atoms with van der Waals surface area (Å²) in [6.45, 7) is 4.01. The van der Waals surface area contributed by atoms with Crippen molar-refractivity contribution in [1.82, 2.24) is 0 Å². The van der Waals surface area contributed by atoms with Crippen LogP contribution in [0.4, 0.5) is 0 Å². The average Bonchev–Trinajstić information content (AvgIpc) is 2.27. The molecule has 84 valence electrons. The number of hydrogen-bond donors (Lipinski definition) is 2. The molecule has 1 aliphatic rings. The van der Waals surface area contributed by atoms with Gasteiger partial charge in [0, 0.05) is 5.41 Å². The molecule has 1 saturated carbocycles. The molecule has 0 spiro atoms. The first-order chi connectivity index (χ1) is 6.67. The molecule has 0 heterocycles. The highest BCUT2D eigenvalue weighted by Crippen LogP contribution is 2.44. The molecule has 0 radical (unpaired) electrons. The molecule has 0 bridgehead atoms. The maximum Gasteiger partial charge on any atom is 0.0618 e. The number of rotatable bonds is 4. The fraction of sp³-hybridized carbons (Fsp3) is 1.00. The van der Waals surface area contributed by atoms with Gasteiger partial charge in [-0.25, -0.2) is 0 Å². The topological polar surface area (TPSA) is 40.5 Å². The van der Waals surface area contributed by atoms with Crippen LogP contribution < -0.4 is 0 Å². The molecule has 2 unspecified atom stereocenters. The SMILES string of the molecule is CCC(O)C1(C(O)CC)CCCCC1. The first-order valence-corrected chi connectivity index (χ1v) is 6.03. The van der Waals surface area contributed by atoms with Crippen molar-refractivity contribution < 1.29 is 10.2 Å². The second-order valence-electron chi connectivity index (χ2n) is 4.64. The highest BCUT2D eigenvalue weighted by Gasteiger charge is 2.43. The van der Waals surface area contributed by atoms with E-state index >= 15 is 0 Å². The van der Waals surface area contributed by atoms with Gasteiger partial charge in [0.15, 0.2) is 0 Å². The number of aliphatic hydroxyl groups is 2. The Bertz CT molecular complexity index is 150. The highest BCUT2D eigenvalue weighted by molar-refractivity contribution is 4.93. The monoisotopic (exact) mass is 200 g/mol. The van der Waals surface area contributed by atoms with Crippen LogP contribution in [0, 0.1) is 5.41 Å². The molecule has 2 heteroatoms. The third kappa shape index (κ3) is 2.12. The third-order valence-electron chi connectivity index (χ3n) is 3.89. The van der Waals surface area contributed by atoms with Gasteiger partial charge in [-0.1, -0.05) is 33.1 Å². The first kappa shape index (κ1) is 12.0. The molecule has 0 aliphatic heterocycles. The van der Waals surface area contributed by atoms with Crippen molar-refractivity contribution in [3.05, 3.63) is 0 Å². The summed E-state index contributed by atoms with van der Waals surface area (Å²) >= 11 is 0. The fourth-order valence-electron chi connectivity index (χ4n) is 2.91.